The van der Waals surface area contributed by atoms with Gasteiger partial charge in [-0.05, 0) is 44.1 Å². The molecule has 0 aromatic carbocycles. The lowest BCUT2D eigenvalue weighted by Gasteiger charge is -2.42. The molecule has 0 amide bonds. The van der Waals surface area contributed by atoms with Gasteiger partial charge in [-0.15, -0.1) is 0 Å². The van der Waals surface area contributed by atoms with Crippen molar-refractivity contribution < 1.29 is 5.11 Å². The lowest BCUT2D eigenvalue weighted by molar-refractivity contribution is 0.0654. The number of likely N-dealkylation sites (tertiary alicyclic amines) is 1. The van der Waals surface area contributed by atoms with Crippen LogP contribution in [0.15, 0.2) is 0 Å². The van der Waals surface area contributed by atoms with Crippen LogP contribution in [0.4, 0.5) is 0 Å². The normalized spacial score (nSPS) is 29.5. The summed E-state index contributed by atoms with van der Waals surface area (Å²) < 4.78 is 0. The smallest absolute Gasteiger partial charge is 0.0628 e. The third kappa shape index (κ3) is 3.46. The fraction of sp³-hybridized carbons (Fsp3) is 1.00. The van der Waals surface area contributed by atoms with Gasteiger partial charge in [-0.1, -0.05) is 20.8 Å². The molecule has 1 aliphatic heterocycles. The van der Waals surface area contributed by atoms with Crippen LogP contribution in [-0.4, -0.2) is 47.8 Å². The number of aliphatic hydroxyl groups is 1. The zero-order chi connectivity index (χ0) is 13.2. The maximum atomic E-state index is 9.94. The maximum Gasteiger partial charge on any atom is 0.0628 e. The van der Waals surface area contributed by atoms with E-state index in [-0.39, 0.29) is 12.1 Å². The Balaban J connectivity index is 1.99. The molecular formula is C15H30N2O. The van der Waals surface area contributed by atoms with Crippen LogP contribution in [0.1, 0.15) is 46.5 Å². The molecule has 1 aliphatic carbocycles. The summed E-state index contributed by atoms with van der Waals surface area (Å²) in [5.74, 6) is 1.50. The van der Waals surface area contributed by atoms with Gasteiger partial charge < -0.3 is 15.3 Å². The average molecular weight is 254 g/mol. The second-order valence-corrected chi connectivity index (χ2v) is 6.87. The fourth-order valence-corrected chi connectivity index (χ4v) is 3.56. The number of aliphatic hydroxyl groups excluding tert-OH is 1. The predicted octanol–water partition coefficient (Wildman–Crippen LogP) is 1.86. The SMILES string of the molecule is CC1CCCN(CC(CO)(NC(C)C)C2CC2)C1. The topological polar surface area (TPSA) is 35.5 Å². The van der Waals surface area contributed by atoms with Gasteiger partial charge in [0.2, 0.25) is 0 Å². The highest BCUT2D eigenvalue weighted by Gasteiger charge is 2.46. The van der Waals surface area contributed by atoms with Crippen LogP contribution >= 0.6 is 0 Å². The second kappa shape index (κ2) is 5.89. The molecule has 2 fully saturated rings. The molecule has 0 aromatic rings. The largest absolute Gasteiger partial charge is 0.394 e. The molecule has 0 bridgehead atoms. The van der Waals surface area contributed by atoms with Crippen LogP contribution < -0.4 is 5.32 Å². The number of nitrogens with one attached hydrogen (secondary N) is 1. The van der Waals surface area contributed by atoms with Crippen molar-refractivity contribution in [2.24, 2.45) is 11.8 Å². The molecule has 2 N–H and O–H groups in total. The van der Waals surface area contributed by atoms with Crippen molar-refractivity contribution in [1.82, 2.24) is 10.2 Å². The molecule has 2 rings (SSSR count). The van der Waals surface area contributed by atoms with Crippen molar-refractivity contribution in [2.45, 2.75) is 58.0 Å². The summed E-state index contributed by atoms with van der Waals surface area (Å²) in [4.78, 5) is 2.57. The molecule has 3 nitrogen and oxygen atoms in total. The molecule has 18 heavy (non-hydrogen) atoms. The number of piperidine rings is 1. The van der Waals surface area contributed by atoms with Gasteiger partial charge in [0.1, 0.15) is 0 Å². The summed E-state index contributed by atoms with van der Waals surface area (Å²) in [5, 5.41) is 13.6. The summed E-state index contributed by atoms with van der Waals surface area (Å²) in [7, 11) is 0. The van der Waals surface area contributed by atoms with Crippen LogP contribution in [0.5, 0.6) is 0 Å². The van der Waals surface area contributed by atoms with Crippen molar-refractivity contribution in [1.29, 1.82) is 0 Å². The van der Waals surface area contributed by atoms with Gasteiger partial charge in [-0.3, -0.25) is 0 Å². The van der Waals surface area contributed by atoms with Crippen molar-refractivity contribution in [3.63, 3.8) is 0 Å². The predicted molar refractivity (Wildman–Crippen MR) is 75.7 cm³/mol. The van der Waals surface area contributed by atoms with E-state index >= 15 is 0 Å². The summed E-state index contributed by atoms with van der Waals surface area (Å²) in [6.45, 7) is 10.4. The quantitative estimate of drug-likeness (QED) is 0.759. The average Bonchev–Trinajstić information content (AvgIpc) is 3.11. The fourth-order valence-electron chi connectivity index (χ4n) is 3.56. The summed E-state index contributed by atoms with van der Waals surface area (Å²) in [5.41, 5.74) is -0.0504. The van der Waals surface area contributed by atoms with Gasteiger partial charge in [-0.25, -0.2) is 0 Å². The second-order valence-electron chi connectivity index (χ2n) is 6.87. The minimum Gasteiger partial charge on any atom is -0.394 e. The van der Waals surface area contributed by atoms with E-state index in [2.05, 4.69) is 31.0 Å². The molecule has 3 heteroatoms. The molecule has 1 saturated heterocycles. The van der Waals surface area contributed by atoms with E-state index in [0.29, 0.717) is 12.0 Å². The van der Waals surface area contributed by atoms with E-state index < -0.39 is 0 Å². The third-order valence-corrected chi connectivity index (χ3v) is 4.46. The Bertz CT molecular complexity index is 265. The Kier molecular flexibility index (Phi) is 4.68. The Morgan fingerprint density at radius 1 is 1.33 bits per heavy atom. The van der Waals surface area contributed by atoms with Crippen molar-refractivity contribution >= 4 is 0 Å². The standard InChI is InChI=1S/C15H30N2O/c1-12(2)16-15(11-18,14-6-7-14)10-17-8-4-5-13(3)9-17/h12-14,16,18H,4-11H2,1-3H3. The van der Waals surface area contributed by atoms with E-state index in [1.165, 1.54) is 38.8 Å². The molecule has 0 aromatic heterocycles. The van der Waals surface area contributed by atoms with Gasteiger partial charge in [0.05, 0.1) is 12.1 Å². The van der Waals surface area contributed by atoms with Gasteiger partial charge in [-0.2, -0.15) is 0 Å². The lowest BCUT2D eigenvalue weighted by atomic mass is 9.90. The zero-order valence-electron chi connectivity index (χ0n) is 12.3. The van der Waals surface area contributed by atoms with E-state index in [9.17, 15) is 5.11 Å². The molecule has 2 unspecified atom stereocenters. The molecule has 2 atom stereocenters. The first kappa shape index (κ1) is 14.3. The summed E-state index contributed by atoms with van der Waals surface area (Å²) in [6.07, 6.45) is 5.24. The molecule has 1 saturated carbocycles. The Labute approximate surface area is 112 Å². The van der Waals surface area contributed by atoms with Crippen LogP contribution in [0.3, 0.4) is 0 Å². The van der Waals surface area contributed by atoms with E-state index in [4.69, 9.17) is 0 Å². The molecule has 106 valence electrons. The molecule has 1 heterocycles. The number of rotatable bonds is 6. The monoisotopic (exact) mass is 254 g/mol. The first-order chi connectivity index (χ1) is 8.55. The lowest BCUT2D eigenvalue weighted by Crippen LogP contribution is -2.60. The van der Waals surface area contributed by atoms with Gasteiger partial charge in [0.25, 0.3) is 0 Å². The van der Waals surface area contributed by atoms with E-state index in [1.54, 1.807) is 0 Å². The first-order valence-corrected chi connectivity index (χ1v) is 7.66. The highest BCUT2D eigenvalue weighted by molar-refractivity contribution is 5.03. The Morgan fingerprint density at radius 3 is 2.56 bits per heavy atom. The first-order valence-electron chi connectivity index (χ1n) is 7.66. The van der Waals surface area contributed by atoms with E-state index in [0.717, 1.165) is 12.5 Å². The highest BCUT2D eigenvalue weighted by Crippen LogP contribution is 2.40. The van der Waals surface area contributed by atoms with Crippen LogP contribution in [-0.2, 0) is 0 Å². The molecule has 0 radical (unpaired) electrons. The maximum absolute atomic E-state index is 9.94. The summed E-state index contributed by atoms with van der Waals surface area (Å²) in [6, 6.07) is 0.444. The van der Waals surface area contributed by atoms with E-state index in [1.807, 2.05) is 0 Å². The van der Waals surface area contributed by atoms with Crippen LogP contribution in [0.25, 0.3) is 0 Å². The number of hydrogen-bond acceptors (Lipinski definition) is 3. The minimum absolute atomic E-state index is 0.0504. The molecule has 2 aliphatic rings. The van der Waals surface area contributed by atoms with Gasteiger partial charge in [0.15, 0.2) is 0 Å². The Morgan fingerprint density at radius 2 is 2.06 bits per heavy atom. The van der Waals surface area contributed by atoms with Crippen molar-refractivity contribution in [3.8, 4) is 0 Å². The number of nitrogens with zero attached hydrogens (tertiary/aromatic N) is 1. The van der Waals surface area contributed by atoms with Crippen LogP contribution in [0, 0.1) is 11.8 Å². The molecule has 0 spiro atoms. The van der Waals surface area contributed by atoms with Crippen molar-refractivity contribution in [3.05, 3.63) is 0 Å². The highest BCUT2D eigenvalue weighted by atomic mass is 16.3. The minimum atomic E-state index is -0.0504. The Hall–Kier alpha value is -0.120. The van der Waals surface area contributed by atoms with Gasteiger partial charge in [0, 0.05) is 19.1 Å². The summed E-state index contributed by atoms with van der Waals surface area (Å²) >= 11 is 0. The van der Waals surface area contributed by atoms with Gasteiger partial charge >= 0.3 is 0 Å². The van der Waals surface area contributed by atoms with Crippen molar-refractivity contribution in [2.75, 3.05) is 26.2 Å². The molecular weight excluding hydrogens is 224 g/mol. The van der Waals surface area contributed by atoms with Crippen LogP contribution in [0.2, 0.25) is 0 Å². The third-order valence-electron chi connectivity index (χ3n) is 4.46. The number of hydrogen-bond donors (Lipinski definition) is 2. The zero-order valence-corrected chi connectivity index (χ0v) is 12.3.